The van der Waals surface area contributed by atoms with E-state index in [0.29, 0.717) is 34.5 Å². The summed E-state index contributed by atoms with van der Waals surface area (Å²) < 4.78 is 42.0. The maximum atomic E-state index is 6.30. The number of rotatable bonds is 12. The molecule has 0 fully saturated rings. The number of benzene rings is 9. The van der Waals surface area contributed by atoms with Gasteiger partial charge in [-0.25, -0.2) is 0 Å². The average Bonchev–Trinajstić information content (AvgIpc) is 3.36. The molecule has 10 aromatic carbocycles. The average molecular weight is 887 g/mol. The summed E-state index contributed by atoms with van der Waals surface area (Å²) >= 11 is 0. The first kappa shape index (κ1) is 43.3. The minimum Gasteiger partial charge on any atom is -0.494 e. The van der Waals surface area contributed by atoms with Crippen LogP contribution in [-0.2, 0) is 0 Å². The van der Waals surface area contributed by atoms with Gasteiger partial charge in [0.25, 0.3) is 0 Å². The molecule has 0 saturated heterocycles. The van der Waals surface area contributed by atoms with Gasteiger partial charge in [-0.2, -0.15) is 0 Å². The van der Waals surface area contributed by atoms with Crippen LogP contribution in [0.4, 0.5) is 0 Å². The molecule has 0 saturated carbocycles. The Bertz CT molecular complexity index is 3690. The van der Waals surface area contributed by atoms with E-state index in [2.05, 4.69) is 134 Å². The van der Waals surface area contributed by atoms with Gasteiger partial charge in [-0.05, 0) is 153 Å². The van der Waals surface area contributed by atoms with Crippen LogP contribution in [0.1, 0.15) is 32.6 Å². The fourth-order valence-electron chi connectivity index (χ4n) is 9.93. The van der Waals surface area contributed by atoms with Crippen molar-refractivity contribution in [2.45, 2.75) is 32.6 Å². The number of methoxy groups -OCH3 is 6. The Hall–Kier alpha value is -7.64. The minimum absolute atomic E-state index is 0.552. The number of unbranched alkanes of at least 4 members (excludes halogenated alkanes) is 3. The Morgan fingerprint density at radius 1 is 0.313 bits per heavy atom. The fraction of sp³-hybridized carbons (Fsp3) is 0.200. The lowest BCUT2D eigenvalue weighted by molar-refractivity contribution is 0.305. The van der Waals surface area contributed by atoms with Crippen LogP contribution in [0.25, 0.3) is 97.0 Å². The zero-order chi connectivity index (χ0) is 46.2. The lowest BCUT2D eigenvalue weighted by atomic mass is 9.95. The van der Waals surface area contributed by atoms with Gasteiger partial charge in [-0.15, -0.1) is 0 Å². The molecule has 336 valence electrons. The highest BCUT2D eigenvalue weighted by atomic mass is 16.5. The standard InChI is InChI=1S/C60H54O7/c1-8-9-10-11-26-67-45-22-21-42-30-39-18-14-38-17-25-48-51(29-38)41(32-44-34-54(62-3)58(64-5)60(66-7)56(44)48)20-19-40-31-43-33-53(61-2)57(63-4)59(65-6)55(43)47-24-16-37(28-50(40)47)13-12-36-15-23-46(49(39)27-36)52(42)35-45/h12-25,27-35H,8-11,26H2,1-7H3. The van der Waals surface area contributed by atoms with Gasteiger partial charge in [0.15, 0.2) is 23.0 Å². The van der Waals surface area contributed by atoms with Crippen LogP contribution in [0.5, 0.6) is 40.2 Å². The predicted molar refractivity (Wildman–Crippen MR) is 279 cm³/mol. The second-order valence-electron chi connectivity index (χ2n) is 17.1. The van der Waals surface area contributed by atoms with E-state index in [1.165, 1.54) is 30.0 Å². The normalized spacial score (nSPS) is 11.5. The van der Waals surface area contributed by atoms with Crippen LogP contribution < -0.4 is 33.2 Å². The largest absolute Gasteiger partial charge is 0.494 e. The van der Waals surface area contributed by atoms with Crippen molar-refractivity contribution in [3.05, 3.63) is 140 Å². The van der Waals surface area contributed by atoms with Crippen molar-refractivity contribution in [2.75, 3.05) is 49.3 Å². The summed E-state index contributed by atoms with van der Waals surface area (Å²) in [5, 5.41) is 19.1. The maximum Gasteiger partial charge on any atom is 0.203 e. The Labute approximate surface area is 390 Å². The third-order valence-electron chi connectivity index (χ3n) is 13.2. The molecule has 0 aliphatic rings. The van der Waals surface area contributed by atoms with Crippen LogP contribution >= 0.6 is 0 Å². The van der Waals surface area contributed by atoms with Crippen molar-refractivity contribution in [3.8, 4) is 40.2 Å². The molecular weight excluding hydrogens is 833 g/mol. The lowest BCUT2D eigenvalue weighted by Crippen LogP contribution is -1.97. The van der Waals surface area contributed by atoms with E-state index >= 15 is 0 Å². The van der Waals surface area contributed by atoms with Crippen molar-refractivity contribution < 1.29 is 33.2 Å². The molecule has 0 aliphatic heterocycles. The van der Waals surface area contributed by atoms with E-state index in [1.54, 1.807) is 42.7 Å². The highest BCUT2D eigenvalue weighted by molar-refractivity contribution is 6.21. The summed E-state index contributed by atoms with van der Waals surface area (Å²) in [5.74, 6) is 4.45. The van der Waals surface area contributed by atoms with Gasteiger partial charge in [0, 0.05) is 10.8 Å². The SMILES string of the molecule is CCCCCCOc1ccc2cc3ccc4ccc5c(c4)c(ccc4cc6cc(OC)c(OC)c(OC)c6c6ccc(ccc7ccc(c2c1)c3c7)cc46)cc1cc(OC)c(OC)c(OC)c15. The molecule has 0 aliphatic carbocycles. The number of ether oxygens (including phenoxy) is 7. The fourth-order valence-corrected chi connectivity index (χ4v) is 9.93. The predicted octanol–water partition coefficient (Wildman–Crippen LogP) is 15.8. The van der Waals surface area contributed by atoms with Crippen molar-refractivity contribution >= 4 is 97.0 Å². The topological polar surface area (TPSA) is 64.6 Å². The molecular formula is C60H54O7. The number of fused-ring (bicyclic) bond motifs is 9. The zero-order valence-corrected chi connectivity index (χ0v) is 39.2. The lowest BCUT2D eigenvalue weighted by Gasteiger charge is -2.17. The van der Waals surface area contributed by atoms with Crippen molar-refractivity contribution in [1.82, 2.24) is 0 Å². The molecule has 67 heavy (non-hydrogen) atoms. The van der Waals surface area contributed by atoms with Gasteiger partial charge in [-0.1, -0.05) is 105 Å². The maximum absolute atomic E-state index is 6.30. The van der Waals surface area contributed by atoms with E-state index in [9.17, 15) is 0 Å². The van der Waals surface area contributed by atoms with Crippen LogP contribution in [-0.4, -0.2) is 49.3 Å². The van der Waals surface area contributed by atoms with Crippen LogP contribution in [0, 0.1) is 0 Å². The third-order valence-corrected chi connectivity index (χ3v) is 13.2. The second kappa shape index (κ2) is 18.3. The highest BCUT2D eigenvalue weighted by Gasteiger charge is 2.21. The molecule has 0 amide bonds. The molecule has 0 N–H and O–H groups in total. The molecule has 0 radical (unpaired) electrons. The molecule has 7 nitrogen and oxygen atoms in total. The minimum atomic E-state index is 0.552. The van der Waals surface area contributed by atoms with Gasteiger partial charge in [0.1, 0.15) is 5.75 Å². The van der Waals surface area contributed by atoms with E-state index in [-0.39, 0.29) is 0 Å². The molecule has 0 unspecified atom stereocenters. The van der Waals surface area contributed by atoms with Gasteiger partial charge < -0.3 is 33.2 Å². The van der Waals surface area contributed by atoms with Crippen LogP contribution in [0.15, 0.2) is 140 Å². The Kier molecular flexibility index (Phi) is 11.8. The molecule has 7 heteroatoms. The van der Waals surface area contributed by atoms with Crippen LogP contribution in [0.3, 0.4) is 0 Å². The Balaban J connectivity index is 1.32. The first-order valence-electron chi connectivity index (χ1n) is 22.9. The third kappa shape index (κ3) is 7.78. The summed E-state index contributed by atoms with van der Waals surface area (Å²) in [6.45, 7) is 2.95. The van der Waals surface area contributed by atoms with E-state index in [1.807, 2.05) is 12.1 Å². The van der Waals surface area contributed by atoms with Crippen molar-refractivity contribution in [3.63, 3.8) is 0 Å². The van der Waals surface area contributed by atoms with Gasteiger partial charge in [0.05, 0.1) is 49.3 Å². The van der Waals surface area contributed by atoms with E-state index in [4.69, 9.17) is 33.2 Å². The molecule has 10 aromatic rings. The number of hydrogen-bond donors (Lipinski definition) is 0. The molecule has 6 bridgehead atoms. The summed E-state index contributed by atoms with van der Waals surface area (Å²) in [6.07, 6.45) is 4.67. The zero-order valence-electron chi connectivity index (χ0n) is 39.2. The summed E-state index contributed by atoms with van der Waals surface area (Å²) in [5.41, 5.74) is 0. The van der Waals surface area contributed by atoms with Gasteiger partial charge in [-0.3, -0.25) is 0 Å². The Morgan fingerprint density at radius 3 is 1.19 bits per heavy atom. The van der Waals surface area contributed by atoms with Gasteiger partial charge in [0.2, 0.25) is 11.5 Å². The van der Waals surface area contributed by atoms with Crippen LogP contribution in [0.2, 0.25) is 0 Å². The smallest absolute Gasteiger partial charge is 0.203 e. The molecule has 0 spiro atoms. The first-order valence-corrected chi connectivity index (χ1v) is 22.9. The number of hydrogen-bond acceptors (Lipinski definition) is 7. The first-order chi connectivity index (χ1) is 32.9. The second-order valence-corrected chi connectivity index (χ2v) is 17.1. The molecule has 10 rings (SSSR count). The Morgan fingerprint density at radius 2 is 0.716 bits per heavy atom. The molecule has 0 aromatic heterocycles. The monoisotopic (exact) mass is 886 g/mol. The molecule has 0 heterocycles. The van der Waals surface area contributed by atoms with Crippen molar-refractivity contribution in [2.24, 2.45) is 0 Å². The summed E-state index contributed by atoms with van der Waals surface area (Å²) in [6, 6.07) is 50.6. The molecule has 0 atom stereocenters. The van der Waals surface area contributed by atoms with Crippen molar-refractivity contribution in [1.29, 1.82) is 0 Å². The summed E-state index contributed by atoms with van der Waals surface area (Å²) in [4.78, 5) is 0. The summed E-state index contributed by atoms with van der Waals surface area (Å²) in [7, 11) is 9.94. The van der Waals surface area contributed by atoms with E-state index in [0.717, 1.165) is 105 Å². The van der Waals surface area contributed by atoms with Gasteiger partial charge >= 0.3 is 0 Å². The quantitative estimate of drug-likeness (QED) is 0.0894. The highest BCUT2D eigenvalue weighted by Crippen LogP contribution is 2.49. The van der Waals surface area contributed by atoms with E-state index < -0.39 is 0 Å².